The van der Waals surface area contributed by atoms with E-state index in [1.165, 1.54) is 17.4 Å². The maximum atomic E-state index is 12.4. The lowest BCUT2D eigenvalue weighted by Gasteiger charge is -2.10. The van der Waals surface area contributed by atoms with Crippen LogP contribution in [0, 0.1) is 6.92 Å². The van der Waals surface area contributed by atoms with Crippen molar-refractivity contribution < 1.29 is 8.42 Å². The predicted octanol–water partition coefficient (Wildman–Crippen LogP) is 2.47. The van der Waals surface area contributed by atoms with Crippen LogP contribution in [0.15, 0.2) is 28.6 Å². The number of aryl methyl sites for hydroxylation is 1. The fourth-order valence-corrected chi connectivity index (χ4v) is 3.63. The van der Waals surface area contributed by atoms with E-state index in [1.807, 2.05) is 13.8 Å². The van der Waals surface area contributed by atoms with Crippen molar-refractivity contribution in [2.45, 2.75) is 25.2 Å². The lowest BCUT2D eigenvalue weighted by molar-refractivity contribution is 0.601. The van der Waals surface area contributed by atoms with Crippen molar-refractivity contribution in [3.8, 4) is 0 Å². The Kier molecular flexibility index (Phi) is 4.56. The normalized spacial score (nSPS) is 11.3. The van der Waals surface area contributed by atoms with E-state index in [9.17, 15) is 8.42 Å². The molecule has 2 aromatic rings. The van der Waals surface area contributed by atoms with Crippen LogP contribution in [-0.2, 0) is 10.0 Å². The molecule has 0 atom stereocenters. The smallest absolute Gasteiger partial charge is 0.267 e. The Hall–Kier alpha value is -1.67. The third-order valence-corrected chi connectivity index (χ3v) is 4.82. The molecule has 2 heterocycles. The Morgan fingerprint density at radius 2 is 2.20 bits per heavy atom. The molecule has 0 aliphatic carbocycles. The molecule has 0 spiro atoms. The molecule has 2 rings (SSSR count). The van der Waals surface area contributed by atoms with Crippen LogP contribution in [0.2, 0.25) is 0 Å². The maximum absolute atomic E-state index is 12.4. The highest BCUT2D eigenvalue weighted by Gasteiger charge is 2.20. The Labute approximate surface area is 122 Å². The molecule has 0 unspecified atom stereocenters. The molecule has 0 aromatic carbocycles. The zero-order valence-electron chi connectivity index (χ0n) is 11.3. The summed E-state index contributed by atoms with van der Waals surface area (Å²) < 4.78 is 27.2. The van der Waals surface area contributed by atoms with Gasteiger partial charge in [0.1, 0.15) is 10.7 Å². The summed E-state index contributed by atoms with van der Waals surface area (Å²) in [6.07, 6.45) is 2.44. The van der Waals surface area contributed by atoms with Crippen molar-refractivity contribution in [2.24, 2.45) is 0 Å². The first-order valence-electron chi connectivity index (χ1n) is 6.17. The first-order chi connectivity index (χ1) is 9.53. The quantitative estimate of drug-likeness (QED) is 0.856. The third kappa shape index (κ3) is 3.45. The van der Waals surface area contributed by atoms with Crippen molar-refractivity contribution in [3.05, 3.63) is 29.4 Å². The van der Waals surface area contributed by atoms with Gasteiger partial charge >= 0.3 is 0 Å². The second kappa shape index (κ2) is 6.19. The average molecular weight is 312 g/mol. The van der Waals surface area contributed by atoms with Gasteiger partial charge in [-0.05, 0) is 25.5 Å². The first kappa shape index (κ1) is 14.7. The van der Waals surface area contributed by atoms with Crippen molar-refractivity contribution in [3.63, 3.8) is 0 Å². The van der Waals surface area contributed by atoms with E-state index in [0.717, 1.165) is 12.1 Å². The van der Waals surface area contributed by atoms with Gasteiger partial charge in [-0.1, -0.05) is 6.92 Å². The van der Waals surface area contributed by atoms with Gasteiger partial charge in [0, 0.05) is 18.1 Å². The van der Waals surface area contributed by atoms with Crippen LogP contribution in [0.25, 0.3) is 0 Å². The first-order valence-corrected chi connectivity index (χ1v) is 8.53. The number of nitrogens with one attached hydrogen (secondary N) is 2. The van der Waals surface area contributed by atoms with Gasteiger partial charge in [-0.2, -0.15) is 0 Å². The molecular weight excluding hydrogens is 296 g/mol. The van der Waals surface area contributed by atoms with Gasteiger partial charge < -0.3 is 5.32 Å². The maximum Gasteiger partial charge on any atom is 0.267 e. The summed E-state index contributed by atoms with van der Waals surface area (Å²) in [5, 5.41) is 5.16. The summed E-state index contributed by atoms with van der Waals surface area (Å²) in [6, 6.07) is 3.12. The van der Waals surface area contributed by atoms with Crippen LogP contribution in [0.5, 0.6) is 0 Å². The minimum absolute atomic E-state index is 0.126. The molecule has 0 fully saturated rings. The Morgan fingerprint density at radius 1 is 1.40 bits per heavy atom. The number of pyridine rings is 1. The second-order valence-electron chi connectivity index (χ2n) is 4.18. The largest absolute Gasteiger partial charge is 0.369 e. The minimum Gasteiger partial charge on any atom is -0.369 e. The molecular formula is C12H16N4O2S2. The Morgan fingerprint density at radius 3 is 2.85 bits per heavy atom. The van der Waals surface area contributed by atoms with Crippen LogP contribution in [0.1, 0.15) is 19.0 Å². The van der Waals surface area contributed by atoms with Crippen LogP contribution >= 0.6 is 11.3 Å². The fourth-order valence-electron chi connectivity index (χ4n) is 1.55. The van der Waals surface area contributed by atoms with E-state index in [2.05, 4.69) is 20.0 Å². The van der Waals surface area contributed by atoms with Gasteiger partial charge in [-0.3, -0.25) is 4.72 Å². The van der Waals surface area contributed by atoms with E-state index >= 15 is 0 Å². The van der Waals surface area contributed by atoms with Crippen LogP contribution < -0.4 is 10.0 Å². The highest BCUT2D eigenvalue weighted by Crippen LogP contribution is 2.23. The summed E-state index contributed by atoms with van der Waals surface area (Å²) in [4.78, 5) is 8.31. The third-order valence-electron chi connectivity index (χ3n) is 2.44. The van der Waals surface area contributed by atoms with Gasteiger partial charge in [-0.15, -0.1) is 11.3 Å². The molecule has 0 saturated heterocycles. The molecule has 2 N–H and O–H groups in total. The minimum atomic E-state index is -3.69. The lowest BCUT2D eigenvalue weighted by atomic mass is 10.4. The van der Waals surface area contributed by atoms with Gasteiger partial charge in [0.15, 0.2) is 5.13 Å². The summed E-state index contributed by atoms with van der Waals surface area (Å²) in [5.41, 5.74) is 0.781. The van der Waals surface area contributed by atoms with E-state index in [0.29, 0.717) is 17.5 Å². The van der Waals surface area contributed by atoms with Gasteiger partial charge in [0.2, 0.25) is 0 Å². The molecule has 0 saturated carbocycles. The van der Waals surface area contributed by atoms with E-state index in [1.54, 1.807) is 17.6 Å². The Bertz CT molecular complexity index is 682. The molecule has 0 aliphatic heterocycles. The second-order valence-corrected chi connectivity index (χ2v) is 6.69. The van der Waals surface area contributed by atoms with Crippen LogP contribution in [-0.4, -0.2) is 24.9 Å². The summed E-state index contributed by atoms with van der Waals surface area (Å²) in [6.45, 7) is 4.48. The van der Waals surface area contributed by atoms with Crippen LogP contribution in [0.3, 0.4) is 0 Å². The van der Waals surface area contributed by atoms with Gasteiger partial charge in [0.25, 0.3) is 10.0 Å². The lowest BCUT2D eigenvalue weighted by Crippen LogP contribution is -2.16. The predicted molar refractivity (Wildman–Crippen MR) is 80.7 cm³/mol. The van der Waals surface area contributed by atoms with Crippen molar-refractivity contribution >= 4 is 32.3 Å². The summed E-state index contributed by atoms with van der Waals surface area (Å²) >= 11 is 1.25. The molecule has 108 valence electrons. The van der Waals surface area contributed by atoms with Crippen molar-refractivity contribution in [2.75, 3.05) is 16.6 Å². The molecule has 0 aliphatic rings. The molecule has 0 bridgehead atoms. The molecule has 6 nitrogen and oxygen atoms in total. The van der Waals surface area contributed by atoms with Crippen molar-refractivity contribution in [1.82, 2.24) is 9.97 Å². The molecule has 0 amide bonds. The summed E-state index contributed by atoms with van der Waals surface area (Å²) in [5.74, 6) is 0.357. The number of anilines is 2. The van der Waals surface area contributed by atoms with E-state index in [4.69, 9.17) is 0 Å². The van der Waals surface area contributed by atoms with E-state index in [-0.39, 0.29) is 4.90 Å². The number of hydrogen-bond donors (Lipinski definition) is 2. The topological polar surface area (TPSA) is 84.0 Å². The van der Waals surface area contributed by atoms with E-state index < -0.39 is 10.0 Å². The number of nitrogens with zero attached hydrogens (tertiary/aromatic N) is 2. The highest BCUT2D eigenvalue weighted by molar-refractivity contribution is 7.93. The van der Waals surface area contributed by atoms with Crippen LogP contribution in [0.4, 0.5) is 10.9 Å². The molecule has 20 heavy (non-hydrogen) atoms. The van der Waals surface area contributed by atoms with Gasteiger partial charge in [0.05, 0.1) is 5.69 Å². The zero-order valence-corrected chi connectivity index (χ0v) is 12.9. The number of thiazole rings is 1. The number of hydrogen-bond acceptors (Lipinski definition) is 6. The Balaban J connectivity index is 2.29. The molecule has 0 radical (unpaired) electrons. The standard InChI is InChI=1S/C12H16N4O2S2/c1-3-6-13-11-10(5-4-7-14-11)20(17,18)16-12-15-9(2)8-19-12/h4-5,7-8H,3,6H2,1-2H3,(H,13,14)(H,15,16). The molecule has 8 heteroatoms. The number of sulfonamides is 1. The highest BCUT2D eigenvalue weighted by atomic mass is 32.2. The van der Waals surface area contributed by atoms with Gasteiger partial charge in [-0.25, -0.2) is 18.4 Å². The van der Waals surface area contributed by atoms with Crippen molar-refractivity contribution in [1.29, 1.82) is 0 Å². The number of aromatic nitrogens is 2. The fraction of sp³-hybridized carbons (Fsp3) is 0.333. The summed E-state index contributed by atoms with van der Waals surface area (Å²) in [7, 11) is -3.69. The zero-order chi connectivity index (χ0) is 14.6. The average Bonchev–Trinajstić information content (AvgIpc) is 2.81. The monoisotopic (exact) mass is 312 g/mol. The SMILES string of the molecule is CCCNc1ncccc1S(=O)(=O)Nc1nc(C)cs1. The molecule has 2 aromatic heterocycles. The number of rotatable bonds is 6.